The van der Waals surface area contributed by atoms with E-state index in [2.05, 4.69) is 24.1 Å². The van der Waals surface area contributed by atoms with Crippen LogP contribution in [-0.4, -0.2) is 41.3 Å². The average Bonchev–Trinajstić information content (AvgIpc) is 3.20. The summed E-state index contributed by atoms with van der Waals surface area (Å²) in [5, 5.41) is 5.26. The highest BCUT2D eigenvalue weighted by Crippen LogP contribution is 2.21. The van der Waals surface area contributed by atoms with Gasteiger partial charge in [-0.1, -0.05) is 13.8 Å². The van der Waals surface area contributed by atoms with Crippen LogP contribution in [0.3, 0.4) is 0 Å². The fourth-order valence-corrected chi connectivity index (χ4v) is 3.46. The number of amides is 4. The molecule has 26 heavy (non-hydrogen) atoms. The zero-order chi connectivity index (χ0) is 18.8. The molecule has 4 amide bonds. The van der Waals surface area contributed by atoms with E-state index in [9.17, 15) is 14.4 Å². The van der Waals surface area contributed by atoms with E-state index in [0.29, 0.717) is 23.7 Å². The normalized spacial score (nSPS) is 14.1. The molecular formula is C18H20N4O3S. The van der Waals surface area contributed by atoms with Crippen molar-refractivity contribution in [2.75, 3.05) is 18.5 Å². The Bertz CT molecular complexity index is 844. The van der Waals surface area contributed by atoms with E-state index < -0.39 is 6.03 Å². The molecule has 1 saturated heterocycles. The van der Waals surface area contributed by atoms with Crippen molar-refractivity contribution in [3.8, 4) is 0 Å². The van der Waals surface area contributed by atoms with Gasteiger partial charge in [0, 0.05) is 29.6 Å². The summed E-state index contributed by atoms with van der Waals surface area (Å²) in [5.74, 6) is -0.0894. The van der Waals surface area contributed by atoms with Gasteiger partial charge in [-0.15, -0.1) is 11.3 Å². The number of anilines is 1. The number of hydrogen-bond donors (Lipinski definition) is 1. The molecule has 0 atom stereocenters. The van der Waals surface area contributed by atoms with Crippen LogP contribution in [0.1, 0.15) is 40.8 Å². The Hall–Kier alpha value is -2.74. The molecule has 136 valence electrons. The highest BCUT2D eigenvalue weighted by molar-refractivity contribution is 7.09. The van der Waals surface area contributed by atoms with E-state index >= 15 is 0 Å². The third-order valence-electron chi connectivity index (χ3n) is 4.03. The second kappa shape index (κ2) is 7.25. The molecule has 1 aromatic carbocycles. The van der Waals surface area contributed by atoms with Gasteiger partial charge in [-0.2, -0.15) is 0 Å². The minimum absolute atomic E-state index is 0.00591. The number of thiazole rings is 1. The number of nitrogens with one attached hydrogen (secondary N) is 1. The van der Waals surface area contributed by atoms with E-state index in [1.54, 1.807) is 47.5 Å². The molecule has 1 aromatic heterocycles. The van der Waals surface area contributed by atoms with Crippen LogP contribution in [0.2, 0.25) is 0 Å². The number of benzene rings is 1. The fraction of sp³-hybridized carbons (Fsp3) is 0.333. The van der Waals surface area contributed by atoms with Crippen molar-refractivity contribution >= 4 is 34.9 Å². The number of carbonyl (C=O) groups is 3. The molecule has 1 N–H and O–H groups in total. The third-order valence-corrected chi connectivity index (χ3v) is 5.22. The molecule has 1 aliphatic rings. The lowest BCUT2D eigenvalue weighted by Gasteiger charge is -2.17. The Balaban J connectivity index is 1.67. The summed E-state index contributed by atoms with van der Waals surface area (Å²) >= 11 is 1.60. The van der Waals surface area contributed by atoms with Gasteiger partial charge < -0.3 is 4.90 Å². The van der Waals surface area contributed by atoms with Crippen molar-refractivity contribution in [1.82, 2.24) is 15.2 Å². The second-order valence-electron chi connectivity index (χ2n) is 6.48. The third kappa shape index (κ3) is 3.75. The number of aromatic nitrogens is 1. The van der Waals surface area contributed by atoms with Crippen LogP contribution < -0.4 is 10.2 Å². The Labute approximate surface area is 155 Å². The van der Waals surface area contributed by atoms with Crippen LogP contribution in [0, 0.1) is 0 Å². The second-order valence-corrected chi connectivity index (χ2v) is 7.37. The van der Waals surface area contributed by atoms with Gasteiger partial charge in [-0.05, 0) is 24.3 Å². The SMILES string of the molecule is CC(C)c1nc(CN(C)C(=O)c2ccc(N3CC(=O)NC3=O)cc2)cs1. The predicted molar refractivity (Wildman–Crippen MR) is 99.3 cm³/mol. The molecule has 3 rings (SSSR count). The largest absolute Gasteiger partial charge is 0.336 e. The zero-order valence-electron chi connectivity index (χ0n) is 14.9. The van der Waals surface area contributed by atoms with Gasteiger partial charge in [0.2, 0.25) is 5.91 Å². The molecule has 8 heteroatoms. The molecule has 0 spiro atoms. The highest BCUT2D eigenvalue weighted by atomic mass is 32.1. The van der Waals surface area contributed by atoms with Crippen LogP contribution in [0.15, 0.2) is 29.6 Å². The summed E-state index contributed by atoms with van der Waals surface area (Å²) in [6, 6.07) is 6.20. The lowest BCUT2D eigenvalue weighted by molar-refractivity contribution is -0.117. The lowest BCUT2D eigenvalue weighted by atomic mass is 10.1. The zero-order valence-corrected chi connectivity index (χ0v) is 15.7. The molecule has 2 heterocycles. The number of hydrogen-bond acceptors (Lipinski definition) is 5. The minimum Gasteiger partial charge on any atom is -0.336 e. The Morgan fingerprint density at radius 1 is 1.31 bits per heavy atom. The quantitative estimate of drug-likeness (QED) is 0.818. The molecule has 0 unspecified atom stereocenters. The first-order valence-corrected chi connectivity index (χ1v) is 9.14. The lowest BCUT2D eigenvalue weighted by Crippen LogP contribution is -2.28. The van der Waals surface area contributed by atoms with E-state index in [0.717, 1.165) is 10.7 Å². The van der Waals surface area contributed by atoms with Crippen molar-refractivity contribution in [3.63, 3.8) is 0 Å². The van der Waals surface area contributed by atoms with E-state index in [1.807, 2.05) is 5.38 Å². The first-order chi connectivity index (χ1) is 12.3. The summed E-state index contributed by atoms with van der Waals surface area (Å²) < 4.78 is 0. The number of carbonyl (C=O) groups excluding carboxylic acids is 3. The molecular weight excluding hydrogens is 352 g/mol. The fourth-order valence-electron chi connectivity index (χ4n) is 2.63. The van der Waals surface area contributed by atoms with Gasteiger partial charge in [0.25, 0.3) is 5.91 Å². The summed E-state index contributed by atoms with van der Waals surface area (Å²) in [5.41, 5.74) is 1.97. The van der Waals surface area contributed by atoms with Gasteiger partial charge in [0.15, 0.2) is 0 Å². The van der Waals surface area contributed by atoms with Gasteiger partial charge in [-0.25, -0.2) is 9.78 Å². The Kier molecular flexibility index (Phi) is 5.03. The molecule has 0 bridgehead atoms. The van der Waals surface area contributed by atoms with Crippen molar-refractivity contribution < 1.29 is 14.4 Å². The number of urea groups is 1. The molecule has 7 nitrogen and oxygen atoms in total. The average molecular weight is 372 g/mol. The van der Waals surface area contributed by atoms with Crippen LogP contribution in [-0.2, 0) is 11.3 Å². The van der Waals surface area contributed by atoms with E-state index in [1.165, 1.54) is 4.90 Å². The molecule has 1 aliphatic heterocycles. The smallest absolute Gasteiger partial charge is 0.329 e. The van der Waals surface area contributed by atoms with E-state index in [4.69, 9.17) is 0 Å². The predicted octanol–water partition coefficient (Wildman–Crippen LogP) is 2.59. The number of rotatable bonds is 5. The monoisotopic (exact) mass is 372 g/mol. The molecule has 0 saturated carbocycles. The minimum atomic E-state index is -0.448. The molecule has 1 fully saturated rings. The maximum absolute atomic E-state index is 12.6. The maximum atomic E-state index is 12.6. The van der Waals surface area contributed by atoms with Crippen molar-refractivity contribution in [2.45, 2.75) is 26.3 Å². The summed E-state index contributed by atoms with van der Waals surface area (Å²) in [6.45, 7) is 4.61. The van der Waals surface area contributed by atoms with Crippen molar-refractivity contribution in [3.05, 3.63) is 45.9 Å². The van der Waals surface area contributed by atoms with Crippen LogP contribution in [0.4, 0.5) is 10.5 Å². The summed E-state index contributed by atoms with van der Waals surface area (Å²) in [7, 11) is 1.73. The molecule has 0 aliphatic carbocycles. The van der Waals surface area contributed by atoms with E-state index in [-0.39, 0.29) is 18.4 Å². The van der Waals surface area contributed by atoms with Gasteiger partial charge in [0.05, 0.1) is 17.2 Å². The summed E-state index contributed by atoms with van der Waals surface area (Å²) in [4.78, 5) is 43.0. The number of nitrogens with zero attached hydrogens (tertiary/aromatic N) is 3. The van der Waals surface area contributed by atoms with Crippen LogP contribution >= 0.6 is 11.3 Å². The van der Waals surface area contributed by atoms with Crippen molar-refractivity contribution in [2.24, 2.45) is 0 Å². The van der Waals surface area contributed by atoms with Crippen LogP contribution in [0.5, 0.6) is 0 Å². The molecule has 0 radical (unpaired) electrons. The van der Waals surface area contributed by atoms with Crippen LogP contribution in [0.25, 0.3) is 0 Å². The van der Waals surface area contributed by atoms with Gasteiger partial charge >= 0.3 is 6.03 Å². The summed E-state index contributed by atoms with van der Waals surface area (Å²) in [6.07, 6.45) is 0. The highest BCUT2D eigenvalue weighted by Gasteiger charge is 2.28. The standard InChI is InChI=1S/C18H20N4O3S/c1-11(2)16-19-13(10-26-16)8-21(3)17(24)12-4-6-14(7-5-12)22-9-15(23)20-18(22)25/h4-7,10-11H,8-9H2,1-3H3,(H,20,23,25). The maximum Gasteiger partial charge on any atom is 0.329 e. The Morgan fingerprint density at radius 3 is 2.54 bits per heavy atom. The first-order valence-electron chi connectivity index (χ1n) is 8.26. The van der Waals surface area contributed by atoms with Gasteiger partial charge in [-0.3, -0.25) is 19.8 Å². The van der Waals surface area contributed by atoms with Gasteiger partial charge in [0.1, 0.15) is 6.54 Å². The van der Waals surface area contributed by atoms with Crippen molar-refractivity contribution in [1.29, 1.82) is 0 Å². The Morgan fingerprint density at radius 2 is 2.00 bits per heavy atom. The first kappa shape index (κ1) is 18.1. The number of imide groups is 1. The topological polar surface area (TPSA) is 82.6 Å². The molecule has 2 aromatic rings.